The minimum Gasteiger partial charge on any atom is -0.493 e. The summed E-state index contributed by atoms with van der Waals surface area (Å²) in [6, 6.07) is 11.8. The van der Waals surface area contributed by atoms with Crippen LogP contribution < -0.4 is 9.47 Å². The van der Waals surface area contributed by atoms with Gasteiger partial charge in [0.15, 0.2) is 11.5 Å². The summed E-state index contributed by atoms with van der Waals surface area (Å²) in [6.07, 6.45) is 1.58. The molecule has 7 heteroatoms. The average molecular weight is 452 g/mol. The van der Waals surface area contributed by atoms with Gasteiger partial charge < -0.3 is 19.3 Å². The maximum Gasteiger partial charge on any atom is 0.253 e. The molecular weight excluding hydrogens is 418 g/mol. The monoisotopic (exact) mass is 451 g/mol. The highest BCUT2D eigenvalue weighted by Crippen LogP contribution is 2.31. The standard InChI is InChI=1S/C26H33N3O4/c1-19-15-23(32-2)24(33-3)16-22(19)18-27-11-13-28(14-12-27)26(31)21-8-6-20(7-9-21)17-29-10-4-5-25(29)30/h6-9,15-16H,4-5,10-14,17-18H2,1-3H3. The number of hydrogen-bond donors (Lipinski definition) is 0. The fraction of sp³-hybridized carbons (Fsp3) is 0.462. The predicted octanol–water partition coefficient (Wildman–Crippen LogP) is 3.09. The third-order valence-electron chi connectivity index (χ3n) is 6.64. The van der Waals surface area contributed by atoms with Crippen molar-refractivity contribution in [3.05, 3.63) is 58.7 Å². The molecule has 2 saturated heterocycles. The van der Waals surface area contributed by atoms with Crippen LogP contribution in [0.1, 0.15) is 39.9 Å². The Labute approximate surface area is 195 Å². The fourth-order valence-corrected chi connectivity index (χ4v) is 4.57. The summed E-state index contributed by atoms with van der Waals surface area (Å²) in [7, 11) is 3.30. The molecule has 0 radical (unpaired) electrons. The molecule has 0 N–H and O–H groups in total. The van der Waals surface area contributed by atoms with E-state index in [-0.39, 0.29) is 11.8 Å². The molecular formula is C26H33N3O4. The van der Waals surface area contributed by atoms with Gasteiger partial charge in [0.2, 0.25) is 5.91 Å². The summed E-state index contributed by atoms with van der Waals surface area (Å²) < 4.78 is 10.8. The Kier molecular flexibility index (Phi) is 7.18. The van der Waals surface area contributed by atoms with Gasteiger partial charge in [0.25, 0.3) is 5.91 Å². The van der Waals surface area contributed by atoms with Crippen LogP contribution in [0.4, 0.5) is 0 Å². The predicted molar refractivity (Wildman–Crippen MR) is 127 cm³/mol. The van der Waals surface area contributed by atoms with Gasteiger partial charge in [-0.1, -0.05) is 12.1 Å². The number of hydrogen-bond acceptors (Lipinski definition) is 5. The number of carbonyl (C=O) groups is 2. The molecule has 0 aromatic heterocycles. The van der Waals surface area contributed by atoms with E-state index in [1.807, 2.05) is 46.2 Å². The highest BCUT2D eigenvalue weighted by atomic mass is 16.5. The van der Waals surface area contributed by atoms with Crippen molar-refractivity contribution < 1.29 is 19.1 Å². The number of carbonyl (C=O) groups excluding carboxylic acids is 2. The van der Waals surface area contributed by atoms with E-state index in [9.17, 15) is 9.59 Å². The zero-order chi connectivity index (χ0) is 23.4. The molecule has 0 spiro atoms. The Balaban J connectivity index is 1.31. The highest BCUT2D eigenvalue weighted by Gasteiger charge is 2.24. The number of rotatable bonds is 7. The Morgan fingerprint density at radius 3 is 2.18 bits per heavy atom. The lowest BCUT2D eigenvalue weighted by molar-refractivity contribution is -0.128. The van der Waals surface area contributed by atoms with Gasteiger partial charge in [-0.15, -0.1) is 0 Å². The van der Waals surface area contributed by atoms with Gasteiger partial charge in [0, 0.05) is 57.8 Å². The number of piperazine rings is 1. The molecule has 2 fully saturated rings. The van der Waals surface area contributed by atoms with Crippen LogP contribution in [-0.2, 0) is 17.9 Å². The minimum absolute atomic E-state index is 0.0701. The zero-order valence-electron chi connectivity index (χ0n) is 19.8. The molecule has 2 heterocycles. The van der Waals surface area contributed by atoms with E-state index >= 15 is 0 Å². The molecule has 0 bridgehead atoms. The quantitative estimate of drug-likeness (QED) is 0.647. The maximum absolute atomic E-state index is 13.0. The van der Waals surface area contributed by atoms with E-state index in [0.717, 1.165) is 49.7 Å². The number of methoxy groups -OCH3 is 2. The second-order valence-corrected chi connectivity index (χ2v) is 8.82. The molecule has 2 amide bonds. The van der Waals surface area contributed by atoms with Gasteiger partial charge in [0.05, 0.1) is 14.2 Å². The van der Waals surface area contributed by atoms with E-state index in [1.165, 1.54) is 11.1 Å². The lowest BCUT2D eigenvalue weighted by Gasteiger charge is -2.35. The summed E-state index contributed by atoms with van der Waals surface area (Å²) in [5.41, 5.74) is 4.15. The molecule has 7 nitrogen and oxygen atoms in total. The van der Waals surface area contributed by atoms with Gasteiger partial charge >= 0.3 is 0 Å². The number of likely N-dealkylation sites (tertiary alicyclic amines) is 1. The van der Waals surface area contributed by atoms with Crippen LogP contribution in [0.5, 0.6) is 11.5 Å². The summed E-state index contributed by atoms with van der Waals surface area (Å²) in [6.45, 7) is 7.42. The molecule has 0 unspecified atom stereocenters. The van der Waals surface area contributed by atoms with Crippen molar-refractivity contribution in [2.24, 2.45) is 0 Å². The Hall–Kier alpha value is -3.06. The first-order chi connectivity index (χ1) is 16.0. The normalized spacial score (nSPS) is 16.9. The van der Waals surface area contributed by atoms with Crippen molar-refractivity contribution in [1.82, 2.24) is 14.7 Å². The number of ether oxygens (including phenoxy) is 2. The summed E-state index contributed by atoms with van der Waals surface area (Å²) in [4.78, 5) is 31.0. The van der Waals surface area contributed by atoms with Crippen molar-refractivity contribution in [2.75, 3.05) is 46.9 Å². The summed E-state index contributed by atoms with van der Waals surface area (Å²) in [5, 5.41) is 0. The second-order valence-electron chi connectivity index (χ2n) is 8.82. The molecule has 2 aliphatic heterocycles. The van der Waals surface area contributed by atoms with Gasteiger partial charge in [-0.2, -0.15) is 0 Å². The molecule has 2 aromatic carbocycles. The van der Waals surface area contributed by atoms with Crippen LogP contribution in [0.25, 0.3) is 0 Å². The molecule has 0 atom stereocenters. The highest BCUT2D eigenvalue weighted by molar-refractivity contribution is 5.94. The van der Waals surface area contributed by atoms with Crippen LogP contribution in [0.2, 0.25) is 0 Å². The van der Waals surface area contributed by atoms with E-state index < -0.39 is 0 Å². The molecule has 4 rings (SSSR count). The number of benzene rings is 2. The zero-order valence-corrected chi connectivity index (χ0v) is 19.8. The van der Waals surface area contributed by atoms with Gasteiger partial charge in [-0.25, -0.2) is 0 Å². The summed E-state index contributed by atoms with van der Waals surface area (Å²) >= 11 is 0. The molecule has 0 saturated carbocycles. The van der Waals surface area contributed by atoms with Crippen LogP contribution in [0.15, 0.2) is 36.4 Å². The van der Waals surface area contributed by atoms with E-state index in [0.29, 0.717) is 31.6 Å². The largest absolute Gasteiger partial charge is 0.493 e. The number of amides is 2. The molecule has 2 aliphatic rings. The number of nitrogens with zero attached hydrogens (tertiary/aromatic N) is 3. The smallest absolute Gasteiger partial charge is 0.253 e. The maximum atomic E-state index is 13.0. The van der Waals surface area contributed by atoms with Crippen molar-refractivity contribution in [2.45, 2.75) is 32.9 Å². The summed E-state index contributed by atoms with van der Waals surface area (Å²) in [5.74, 6) is 1.77. The van der Waals surface area contributed by atoms with Crippen molar-refractivity contribution in [3.63, 3.8) is 0 Å². The SMILES string of the molecule is COc1cc(C)c(CN2CCN(C(=O)c3ccc(CN4CCCC4=O)cc3)CC2)cc1OC. The Morgan fingerprint density at radius 1 is 0.909 bits per heavy atom. The van der Waals surface area contributed by atoms with E-state index in [2.05, 4.69) is 11.8 Å². The second kappa shape index (κ2) is 10.3. The molecule has 33 heavy (non-hydrogen) atoms. The van der Waals surface area contributed by atoms with Crippen molar-refractivity contribution in [3.8, 4) is 11.5 Å². The first-order valence-corrected chi connectivity index (χ1v) is 11.6. The first kappa shape index (κ1) is 23.1. The minimum atomic E-state index is 0.0701. The van der Waals surface area contributed by atoms with Gasteiger partial charge in [0.1, 0.15) is 0 Å². The van der Waals surface area contributed by atoms with E-state index in [4.69, 9.17) is 9.47 Å². The topological polar surface area (TPSA) is 62.3 Å². The van der Waals surface area contributed by atoms with Gasteiger partial charge in [-0.05, 0) is 54.3 Å². The number of aryl methyl sites for hydroxylation is 1. The van der Waals surface area contributed by atoms with Gasteiger partial charge in [-0.3, -0.25) is 14.5 Å². The molecule has 0 aliphatic carbocycles. The van der Waals surface area contributed by atoms with Crippen LogP contribution in [0, 0.1) is 6.92 Å². The van der Waals surface area contributed by atoms with Crippen molar-refractivity contribution in [1.29, 1.82) is 0 Å². The first-order valence-electron chi connectivity index (χ1n) is 11.6. The van der Waals surface area contributed by atoms with Crippen molar-refractivity contribution >= 4 is 11.8 Å². The lowest BCUT2D eigenvalue weighted by Crippen LogP contribution is -2.48. The fourth-order valence-electron chi connectivity index (χ4n) is 4.57. The average Bonchev–Trinajstić information content (AvgIpc) is 3.24. The Bertz CT molecular complexity index is 997. The lowest BCUT2D eigenvalue weighted by atomic mass is 10.1. The molecule has 176 valence electrons. The van der Waals surface area contributed by atoms with Crippen LogP contribution in [0.3, 0.4) is 0 Å². The Morgan fingerprint density at radius 2 is 1.58 bits per heavy atom. The van der Waals surface area contributed by atoms with E-state index in [1.54, 1.807) is 14.2 Å². The van der Waals surface area contributed by atoms with Crippen LogP contribution >= 0.6 is 0 Å². The molecule has 2 aromatic rings. The third kappa shape index (κ3) is 5.30. The third-order valence-corrected chi connectivity index (χ3v) is 6.64. The van der Waals surface area contributed by atoms with Crippen LogP contribution in [-0.4, -0.2) is 73.5 Å².